The Morgan fingerprint density at radius 2 is 1.66 bits per heavy atom. The van der Waals surface area contributed by atoms with Crippen molar-refractivity contribution in [1.82, 2.24) is 15.5 Å². The van der Waals surface area contributed by atoms with Gasteiger partial charge in [-0.15, -0.1) is 0 Å². The molecule has 32 heavy (non-hydrogen) atoms. The number of likely N-dealkylation sites (tertiary alicyclic amines) is 1. The SMILES string of the molecule is CC(C)COC(=O)NC(CSSC(C)(C)C)C(=O)NC1CCN(C(=O)OC(C)(C)C)CC1. The van der Waals surface area contributed by atoms with Gasteiger partial charge in [0.1, 0.15) is 11.6 Å². The van der Waals surface area contributed by atoms with Gasteiger partial charge in [-0.1, -0.05) is 56.2 Å². The Kier molecular flexibility index (Phi) is 11.5. The number of amides is 3. The van der Waals surface area contributed by atoms with E-state index in [-0.39, 0.29) is 28.7 Å². The lowest BCUT2D eigenvalue weighted by atomic mass is 10.0. The van der Waals surface area contributed by atoms with Crippen LogP contribution in [0.5, 0.6) is 0 Å². The highest BCUT2D eigenvalue weighted by Crippen LogP contribution is 2.35. The van der Waals surface area contributed by atoms with Gasteiger partial charge in [0.2, 0.25) is 5.91 Å². The molecule has 1 rings (SSSR count). The van der Waals surface area contributed by atoms with Crippen LogP contribution in [0.4, 0.5) is 9.59 Å². The smallest absolute Gasteiger partial charge is 0.410 e. The van der Waals surface area contributed by atoms with E-state index in [1.165, 1.54) is 0 Å². The first-order valence-corrected chi connectivity index (χ1v) is 13.5. The molecule has 0 bridgehead atoms. The van der Waals surface area contributed by atoms with E-state index in [9.17, 15) is 14.4 Å². The van der Waals surface area contributed by atoms with Crippen LogP contribution < -0.4 is 10.6 Å². The number of rotatable bonds is 8. The van der Waals surface area contributed by atoms with E-state index in [2.05, 4.69) is 31.4 Å². The standard InChI is InChI=1S/C22H41N3O5S2/c1-15(2)13-29-19(27)24-17(14-31-32-22(6,7)8)18(26)23-16-9-11-25(12-10-16)20(28)30-21(3,4)5/h15-17H,9-14H2,1-8H3,(H,23,26)(H,24,27). The molecule has 186 valence electrons. The Labute approximate surface area is 201 Å². The molecule has 0 aromatic carbocycles. The average molecular weight is 492 g/mol. The van der Waals surface area contributed by atoms with Crippen LogP contribution >= 0.6 is 21.6 Å². The molecule has 0 aliphatic carbocycles. The van der Waals surface area contributed by atoms with Gasteiger partial charge in [-0.25, -0.2) is 9.59 Å². The van der Waals surface area contributed by atoms with Crippen molar-refractivity contribution in [2.24, 2.45) is 5.92 Å². The molecule has 3 amide bonds. The summed E-state index contributed by atoms with van der Waals surface area (Å²) in [5.74, 6) is 0.416. The number of alkyl carbamates (subject to hydrolysis) is 1. The van der Waals surface area contributed by atoms with Gasteiger partial charge in [0.05, 0.1) is 6.61 Å². The van der Waals surface area contributed by atoms with Crippen molar-refractivity contribution in [2.75, 3.05) is 25.4 Å². The summed E-state index contributed by atoms with van der Waals surface area (Å²) in [6.45, 7) is 17.1. The molecule has 0 radical (unpaired) electrons. The van der Waals surface area contributed by atoms with Gasteiger partial charge in [0, 0.05) is 29.6 Å². The Morgan fingerprint density at radius 1 is 1.06 bits per heavy atom. The van der Waals surface area contributed by atoms with Crippen LogP contribution in [0.1, 0.15) is 68.2 Å². The first kappa shape index (κ1) is 28.7. The first-order valence-electron chi connectivity index (χ1n) is 11.2. The lowest BCUT2D eigenvalue weighted by Gasteiger charge is -2.34. The molecule has 0 saturated carbocycles. The number of carbonyl (C=O) groups is 3. The van der Waals surface area contributed by atoms with Crippen molar-refractivity contribution in [2.45, 2.75) is 90.7 Å². The minimum absolute atomic E-state index is 0.0400. The van der Waals surface area contributed by atoms with Crippen molar-refractivity contribution >= 4 is 39.7 Å². The molecule has 1 aliphatic heterocycles. The van der Waals surface area contributed by atoms with E-state index in [0.717, 1.165) is 0 Å². The van der Waals surface area contributed by atoms with Crippen LogP contribution in [-0.2, 0) is 14.3 Å². The molecule has 8 nitrogen and oxygen atoms in total. The number of nitrogens with zero attached hydrogens (tertiary/aromatic N) is 1. The lowest BCUT2D eigenvalue weighted by Crippen LogP contribution is -2.54. The fourth-order valence-corrected chi connectivity index (χ4v) is 5.19. The topological polar surface area (TPSA) is 97.0 Å². The van der Waals surface area contributed by atoms with Crippen molar-refractivity contribution < 1.29 is 23.9 Å². The predicted molar refractivity (Wildman–Crippen MR) is 132 cm³/mol. The van der Waals surface area contributed by atoms with Gasteiger partial charge >= 0.3 is 12.2 Å². The maximum Gasteiger partial charge on any atom is 0.410 e. The van der Waals surface area contributed by atoms with Crippen LogP contribution in [0.25, 0.3) is 0 Å². The van der Waals surface area contributed by atoms with Gasteiger partial charge in [0.25, 0.3) is 0 Å². The number of hydrogen-bond donors (Lipinski definition) is 2. The first-order chi connectivity index (χ1) is 14.7. The molecule has 1 aliphatic rings. The maximum atomic E-state index is 12.9. The predicted octanol–water partition coefficient (Wildman–Crippen LogP) is 4.43. The minimum atomic E-state index is -0.696. The monoisotopic (exact) mass is 491 g/mol. The molecule has 0 spiro atoms. The summed E-state index contributed by atoms with van der Waals surface area (Å²) in [6, 6.07) is -0.754. The quantitative estimate of drug-likeness (QED) is 0.485. The molecule has 1 atom stereocenters. The van der Waals surface area contributed by atoms with Crippen LogP contribution in [0.3, 0.4) is 0 Å². The summed E-state index contributed by atoms with van der Waals surface area (Å²) in [5.41, 5.74) is -0.534. The Morgan fingerprint density at radius 3 is 2.16 bits per heavy atom. The summed E-state index contributed by atoms with van der Waals surface area (Å²) in [6.07, 6.45) is 0.365. The van der Waals surface area contributed by atoms with E-state index < -0.39 is 17.7 Å². The average Bonchev–Trinajstić information content (AvgIpc) is 2.63. The molecule has 2 N–H and O–H groups in total. The number of piperidine rings is 1. The molecule has 0 aromatic heterocycles. The zero-order valence-electron chi connectivity index (χ0n) is 20.8. The third-order valence-electron chi connectivity index (χ3n) is 4.19. The van der Waals surface area contributed by atoms with Gasteiger partial charge in [-0.2, -0.15) is 0 Å². The van der Waals surface area contributed by atoms with E-state index in [4.69, 9.17) is 9.47 Å². The summed E-state index contributed by atoms with van der Waals surface area (Å²) < 4.78 is 10.7. The third kappa shape index (κ3) is 12.7. The van der Waals surface area contributed by atoms with E-state index in [1.807, 2.05) is 34.6 Å². The van der Waals surface area contributed by atoms with E-state index in [1.54, 1.807) is 26.5 Å². The Hall–Kier alpha value is -1.29. The normalized spacial score (nSPS) is 16.5. The zero-order valence-corrected chi connectivity index (χ0v) is 22.4. The highest BCUT2D eigenvalue weighted by molar-refractivity contribution is 8.77. The molecule has 0 aromatic rings. The fourth-order valence-electron chi connectivity index (χ4n) is 2.72. The fraction of sp³-hybridized carbons (Fsp3) is 0.864. The molecule has 1 fully saturated rings. The minimum Gasteiger partial charge on any atom is -0.449 e. The van der Waals surface area contributed by atoms with Crippen molar-refractivity contribution in [3.63, 3.8) is 0 Å². The van der Waals surface area contributed by atoms with Crippen LogP contribution in [0, 0.1) is 5.92 Å². The highest BCUT2D eigenvalue weighted by Gasteiger charge is 2.30. The largest absolute Gasteiger partial charge is 0.449 e. The van der Waals surface area contributed by atoms with Gasteiger partial charge in [-0.05, 0) is 39.5 Å². The molecular weight excluding hydrogens is 450 g/mol. The number of ether oxygens (including phenoxy) is 2. The summed E-state index contributed by atoms with van der Waals surface area (Å²) in [5, 5.41) is 5.74. The van der Waals surface area contributed by atoms with Crippen molar-refractivity contribution in [3.8, 4) is 0 Å². The number of carbonyl (C=O) groups excluding carboxylic acids is 3. The van der Waals surface area contributed by atoms with Crippen LogP contribution in [0.2, 0.25) is 0 Å². The summed E-state index contributed by atoms with van der Waals surface area (Å²) in [7, 11) is 3.22. The van der Waals surface area contributed by atoms with Gasteiger partial charge in [0.15, 0.2) is 0 Å². The molecule has 10 heteroatoms. The Bertz CT molecular complexity index is 624. The molecule has 1 heterocycles. The number of nitrogens with one attached hydrogen (secondary N) is 2. The number of hydrogen-bond acceptors (Lipinski definition) is 7. The van der Waals surface area contributed by atoms with E-state index in [0.29, 0.717) is 38.3 Å². The molecule has 1 saturated heterocycles. The summed E-state index contributed by atoms with van der Waals surface area (Å²) in [4.78, 5) is 39.0. The lowest BCUT2D eigenvalue weighted by molar-refractivity contribution is -0.123. The summed E-state index contributed by atoms with van der Waals surface area (Å²) >= 11 is 0. The van der Waals surface area contributed by atoms with Crippen molar-refractivity contribution in [3.05, 3.63) is 0 Å². The second-order valence-corrected chi connectivity index (χ2v) is 13.6. The molecular formula is C22H41N3O5S2. The van der Waals surface area contributed by atoms with Crippen LogP contribution in [0.15, 0.2) is 0 Å². The highest BCUT2D eigenvalue weighted by atomic mass is 33.1. The third-order valence-corrected chi connectivity index (χ3v) is 7.54. The second-order valence-electron chi connectivity index (χ2n) is 10.4. The maximum absolute atomic E-state index is 12.9. The molecule has 1 unspecified atom stereocenters. The zero-order chi connectivity index (χ0) is 24.5. The van der Waals surface area contributed by atoms with Crippen LogP contribution in [-0.4, -0.2) is 70.9 Å². The second kappa shape index (κ2) is 12.8. The van der Waals surface area contributed by atoms with E-state index >= 15 is 0 Å². The Balaban J connectivity index is 2.60. The van der Waals surface area contributed by atoms with Gasteiger partial charge < -0.3 is 25.0 Å². The van der Waals surface area contributed by atoms with Gasteiger partial charge in [-0.3, -0.25) is 4.79 Å². The van der Waals surface area contributed by atoms with Crippen molar-refractivity contribution in [1.29, 1.82) is 0 Å².